The molecule has 0 spiro atoms. The molecule has 19 heavy (non-hydrogen) atoms. The van der Waals surface area contributed by atoms with Crippen LogP contribution in [0.25, 0.3) is 0 Å². The molecular weight excluding hydrogens is 303 g/mol. The first-order valence-electron chi connectivity index (χ1n) is 5.59. The maximum absolute atomic E-state index is 12.2. The molecule has 0 N–H and O–H groups in total. The summed E-state index contributed by atoms with van der Waals surface area (Å²) in [5, 5.41) is 3.76. The Morgan fingerprint density at radius 1 is 1.37 bits per heavy atom. The standard InChI is InChI=1S/C13H12Cl2N2OS/c1-8-16-10(7-19-8)6-17(2)13(18)9-3-4-11(14)12(15)5-9/h3-5,7H,6H2,1-2H3. The molecule has 1 heterocycles. The normalized spacial score (nSPS) is 10.5. The topological polar surface area (TPSA) is 33.2 Å². The molecule has 0 aliphatic heterocycles. The van der Waals surface area contributed by atoms with Crippen molar-refractivity contribution >= 4 is 40.4 Å². The summed E-state index contributed by atoms with van der Waals surface area (Å²) < 4.78 is 0. The SMILES string of the molecule is Cc1nc(CN(C)C(=O)c2ccc(Cl)c(Cl)c2)cs1. The smallest absolute Gasteiger partial charge is 0.254 e. The van der Waals surface area contributed by atoms with Crippen LogP contribution >= 0.6 is 34.5 Å². The summed E-state index contributed by atoms with van der Waals surface area (Å²) >= 11 is 13.3. The number of benzene rings is 1. The average Bonchev–Trinajstić information content (AvgIpc) is 2.77. The van der Waals surface area contributed by atoms with Crippen LogP contribution < -0.4 is 0 Å². The molecule has 1 aromatic carbocycles. The van der Waals surface area contributed by atoms with Gasteiger partial charge in [-0.2, -0.15) is 0 Å². The number of aryl methyl sites for hydroxylation is 1. The Kier molecular flexibility index (Phi) is 4.45. The molecule has 3 nitrogen and oxygen atoms in total. The molecule has 0 saturated carbocycles. The van der Waals surface area contributed by atoms with Crippen LogP contribution in [0.3, 0.4) is 0 Å². The quantitative estimate of drug-likeness (QED) is 0.857. The molecule has 1 aromatic heterocycles. The third-order valence-electron chi connectivity index (χ3n) is 2.58. The minimum Gasteiger partial charge on any atom is -0.336 e. The van der Waals surface area contributed by atoms with E-state index in [9.17, 15) is 4.79 Å². The lowest BCUT2D eigenvalue weighted by Crippen LogP contribution is -2.26. The fourth-order valence-corrected chi connectivity index (χ4v) is 2.55. The van der Waals surface area contributed by atoms with Gasteiger partial charge in [-0.05, 0) is 25.1 Å². The van der Waals surface area contributed by atoms with Crippen LogP contribution in [0.15, 0.2) is 23.6 Å². The number of aromatic nitrogens is 1. The summed E-state index contributed by atoms with van der Waals surface area (Å²) in [7, 11) is 1.74. The summed E-state index contributed by atoms with van der Waals surface area (Å²) in [5.74, 6) is -0.107. The summed E-state index contributed by atoms with van der Waals surface area (Å²) in [6.07, 6.45) is 0. The molecule has 0 bridgehead atoms. The van der Waals surface area contributed by atoms with Gasteiger partial charge in [-0.1, -0.05) is 23.2 Å². The molecule has 0 atom stereocenters. The number of hydrogen-bond donors (Lipinski definition) is 0. The van der Waals surface area contributed by atoms with Gasteiger partial charge in [0.05, 0.1) is 27.3 Å². The monoisotopic (exact) mass is 314 g/mol. The van der Waals surface area contributed by atoms with Gasteiger partial charge < -0.3 is 4.90 Å². The number of amides is 1. The van der Waals surface area contributed by atoms with Crippen molar-refractivity contribution < 1.29 is 4.79 Å². The van der Waals surface area contributed by atoms with Gasteiger partial charge in [0.2, 0.25) is 0 Å². The number of hydrogen-bond acceptors (Lipinski definition) is 3. The highest BCUT2D eigenvalue weighted by Gasteiger charge is 2.14. The zero-order valence-electron chi connectivity index (χ0n) is 10.5. The van der Waals surface area contributed by atoms with E-state index in [0.29, 0.717) is 22.2 Å². The van der Waals surface area contributed by atoms with Gasteiger partial charge in [0.1, 0.15) is 0 Å². The molecule has 0 aliphatic carbocycles. The van der Waals surface area contributed by atoms with Crippen LogP contribution in [0.2, 0.25) is 10.0 Å². The van der Waals surface area contributed by atoms with E-state index >= 15 is 0 Å². The van der Waals surface area contributed by atoms with Crippen LogP contribution in [0.4, 0.5) is 0 Å². The number of thiazole rings is 1. The lowest BCUT2D eigenvalue weighted by atomic mass is 10.2. The Bertz CT molecular complexity index is 612. The highest BCUT2D eigenvalue weighted by Crippen LogP contribution is 2.23. The van der Waals surface area contributed by atoms with Gasteiger partial charge >= 0.3 is 0 Å². The molecule has 2 aromatic rings. The van der Waals surface area contributed by atoms with Crippen molar-refractivity contribution in [3.8, 4) is 0 Å². The Labute approximate surface area is 125 Å². The molecule has 0 saturated heterocycles. The molecule has 6 heteroatoms. The van der Waals surface area contributed by atoms with Crippen LogP contribution in [0.5, 0.6) is 0 Å². The minimum atomic E-state index is -0.107. The largest absolute Gasteiger partial charge is 0.336 e. The highest BCUT2D eigenvalue weighted by atomic mass is 35.5. The molecule has 0 unspecified atom stereocenters. The maximum Gasteiger partial charge on any atom is 0.254 e. The van der Waals surface area contributed by atoms with Crippen molar-refractivity contribution in [3.63, 3.8) is 0 Å². The molecule has 0 radical (unpaired) electrons. The van der Waals surface area contributed by atoms with Gasteiger partial charge in [0, 0.05) is 18.0 Å². The van der Waals surface area contributed by atoms with Crippen molar-refractivity contribution in [3.05, 3.63) is 49.9 Å². The summed E-state index contributed by atoms with van der Waals surface area (Å²) in [6, 6.07) is 4.87. The molecule has 0 fully saturated rings. The average molecular weight is 315 g/mol. The van der Waals surface area contributed by atoms with E-state index in [2.05, 4.69) is 4.98 Å². The fourth-order valence-electron chi connectivity index (χ4n) is 1.65. The van der Waals surface area contributed by atoms with Crippen LogP contribution in [0.1, 0.15) is 21.1 Å². The van der Waals surface area contributed by atoms with E-state index in [0.717, 1.165) is 10.7 Å². The number of carbonyl (C=O) groups excluding carboxylic acids is 1. The zero-order valence-corrected chi connectivity index (χ0v) is 12.8. The number of halogens is 2. The van der Waals surface area contributed by atoms with Gasteiger partial charge in [-0.3, -0.25) is 4.79 Å². The first kappa shape index (κ1) is 14.3. The number of nitrogens with zero attached hydrogens (tertiary/aromatic N) is 2. The number of rotatable bonds is 3. The molecule has 2 rings (SSSR count). The van der Waals surface area contributed by atoms with Gasteiger partial charge in [-0.25, -0.2) is 4.98 Å². The van der Waals surface area contributed by atoms with E-state index in [1.54, 1.807) is 41.5 Å². The van der Waals surface area contributed by atoms with Crippen molar-refractivity contribution in [2.24, 2.45) is 0 Å². The fraction of sp³-hybridized carbons (Fsp3) is 0.231. The van der Waals surface area contributed by atoms with E-state index in [1.807, 2.05) is 12.3 Å². The van der Waals surface area contributed by atoms with E-state index in [1.165, 1.54) is 0 Å². The van der Waals surface area contributed by atoms with E-state index in [4.69, 9.17) is 23.2 Å². The summed E-state index contributed by atoms with van der Waals surface area (Å²) in [6.45, 7) is 2.42. The predicted molar refractivity (Wildman–Crippen MR) is 79.1 cm³/mol. The van der Waals surface area contributed by atoms with E-state index < -0.39 is 0 Å². The maximum atomic E-state index is 12.2. The Morgan fingerprint density at radius 2 is 2.11 bits per heavy atom. The predicted octanol–water partition coefficient (Wildman–Crippen LogP) is 4.03. The van der Waals surface area contributed by atoms with Crippen molar-refractivity contribution in [2.75, 3.05) is 7.05 Å². The van der Waals surface area contributed by atoms with Crippen LogP contribution in [0, 0.1) is 6.92 Å². The minimum absolute atomic E-state index is 0.107. The van der Waals surface area contributed by atoms with Crippen molar-refractivity contribution in [2.45, 2.75) is 13.5 Å². The van der Waals surface area contributed by atoms with Crippen molar-refractivity contribution in [1.82, 2.24) is 9.88 Å². The Balaban J connectivity index is 2.12. The second kappa shape index (κ2) is 5.90. The first-order chi connectivity index (χ1) is 8.97. The van der Waals surface area contributed by atoms with Gasteiger partial charge in [-0.15, -0.1) is 11.3 Å². The molecular formula is C13H12Cl2N2OS. The van der Waals surface area contributed by atoms with Crippen molar-refractivity contribution in [1.29, 1.82) is 0 Å². The Morgan fingerprint density at radius 3 is 2.68 bits per heavy atom. The summed E-state index contributed by atoms with van der Waals surface area (Å²) in [5.41, 5.74) is 1.40. The van der Waals surface area contributed by atoms with Crippen LogP contribution in [-0.2, 0) is 6.54 Å². The molecule has 0 aliphatic rings. The first-order valence-corrected chi connectivity index (χ1v) is 7.22. The third kappa shape index (κ3) is 3.47. The third-order valence-corrected chi connectivity index (χ3v) is 4.14. The summed E-state index contributed by atoms with van der Waals surface area (Å²) in [4.78, 5) is 18.2. The zero-order chi connectivity index (χ0) is 14.0. The lowest BCUT2D eigenvalue weighted by molar-refractivity contribution is 0.0783. The van der Waals surface area contributed by atoms with Gasteiger partial charge in [0.15, 0.2) is 0 Å². The highest BCUT2D eigenvalue weighted by molar-refractivity contribution is 7.09. The number of carbonyl (C=O) groups is 1. The van der Waals surface area contributed by atoms with Gasteiger partial charge in [0.25, 0.3) is 5.91 Å². The lowest BCUT2D eigenvalue weighted by Gasteiger charge is -2.16. The molecule has 1 amide bonds. The van der Waals surface area contributed by atoms with E-state index in [-0.39, 0.29) is 5.91 Å². The Hall–Kier alpha value is -1.10. The van der Waals surface area contributed by atoms with Crippen LogP contribution in [-0.4, -0.2) is 22.8 Å². The molecule has 100 valence electrons. The second-order valence-electron chi connectivity index (χ2n) is 4.15. The second-order valence-corrected chi connectivity index (χ2v) is 6.02.